The van der Waals surface area contributed by atoms with Gasteiger partial charge in [0.15, 0.2) is 11.6 Å². The molecule has 1 atom stereocenters. The van der Waals surface area contributed by atoms with E-state index in [9.17, 15) is 4.39 Å². The number of piperidine rings is 1. The van der Waals surface area contributed by atoms with Crippen molar-refractivity contribution in [1.29, 1.82) is 0 Å². The van der Waals surface area contributed by atoms with Crippen LogP contribution in [0.4, 0.5) is 16.2 Å². The molecule has 1 spiro atoms. The van der Waals surface area contributed by atoms with Gasteiger partial charge in [0.2, 0.25) is 5.95 Å². The Labute approximate surface area is 135 Å². The first-order valence-corrected chi connectivity index (χ1v) is 8.44. The summed E-state index contributed by atoms with van der Waals surface area (Å²) in [7, 11) is 0. The Morgan fingerprint density at radius 1 is 1.04 bits per heavy atom. The molecular formula is C16H23FN4O2. The summed E-state index contributed by atoms with van der Waals surface area (Å²) in [6.45, 7) is 6.07. The number of aromatic nitrogens is 2. The van der Waals surface area contributed by atoms with E-state index in [1.54, 1.807) is 0 Å². The lowest BCUT2D eigenvalue weighted by atomic mass is 9.79. The van der Waals surface area contributed by atoms with E-state index < -0.39 is 0 Å². The lowest BCUT2D eigenvalue weighted by Gasteiger charge is -2.39. The van der Waals surface area contributed by atoms with Crippen molar-refractivity contribution in [3.8, 4) is 0 Å². The fourth-order valence-corrected chi connectivity index (χ4v) is 3.85. The zero-order valence-electron chi connectivity index (χ0n) is 13.3. The van der Waals surface area contributed by atoms with Crippen LogP contribution in [0.5, 0.6) is 0 Å². The highest BCUT2D eigenvalue weighted by Crippen LogP contribution is 2.38. The number of anilines is 2. The molecule has 0 saturated carbocycles. The van der Waals surface area contributed by atoms with Gasteiger partial charge in [0.1, 0.15) is 0 Å². The van der Waals surface area contributed by atoms with Crippen LogP contribution in [0, 0.1) is 11.2 Å². The number of ether oxygens (including phenoxy) is 2. The zero-order chi connectivity index (χ0) is 15.7. The van der Waals surface area contributed by atoms with Crippen molar-refractivity contribution < 1.29 is 13.9 Å². The van der Waals surface area contributed by atoms with E-state index >= 15 is 0 Å². The first-order chi connectivity index (χ1) is 11.3. The molecule has 1 aromatic heterocycles. The van der Waals surface area contributed by atoms with Gasteiger partial charge in [0.25, 0.3) is 0 Å². The summed E-state index contributed by atoms with van der Waals surface area (Å²) in [6, 6.07) is 0. The van der Waals surface area contributed by atoms with E-state index in [1.165, 1.54) is 12.6 Å². The van der Waals surface area contributed by atoms with Gasteiger partial charge in [-0.05, 0) is 19.3 Å². The van der Waals surface area contributed by atoms with Gasteiger partial charge < -0.3 is 19.3 Å². The minimum absolute atomic E-state index is 0.231. The maximum Gasteiger partial charge on any atom is 0.227 e. The first-order valence-electron chi connectivity index (χ1n) is 8.44. The molecule has 3 fully saturated rings. The first kappa shape index (κ1) is 15.1. The van der Waals surface area contributed by atoms with Crippen LogP contribution >= 0.6 is 0 Å². The second-order valence-electron chi connectivity index (χ2n) is 6.77. The minimum Gasteiger partial charge on any atom is -0.381 e. The standard InChI is InChI=1S/C16H23FN4O2/c17-13-10-18-15(19-14(13)20-5-8-22-9-6-20)21-4-1-2-16(11-21)3-7-23-12-16/h10H,1-9,11-12H2. The Kier molecular flexibility index (Phi) is 4.07. The zero-order valence-corrected chi connectivity index (χ0v) is 13.3. The monoisotopic (exact) mass is 322 g/mol. The lowest BCUT2D eigenvalue weighted by molar-refractivity contribution is 0.122. The molecule has 0 N–H and O–H groups in total. The third-order valence-corrected chi connectivity index (χ3v) is 5.15. The van der Waals surface area contributed by atoms with Crippen molar-refractivity contribution in [3.05, 3.63) is 12.0 Å². The highest BCUT2D eigenvalue weighted by Gasteiger charge is 2.39. The molecule has 0 aromatic carbocycles. The van der Waals surface area contributed by atoms with E-state index in [1.807, 2.05) is 4.90 Å². The molecule has 0 bridgehead atoms. The van der Waals surface area contributed by atoms with E-state index in [4.69, 9.17) is 9.47 Å². The van der Waals surface area contributed by atoms with Crippen LogP contribution in [0.1, 0.15) is 19.3 Å². The molecule has 0 amide bonds. The lowest BCUT2D eigenvalue weighted by Crippen LogP contribution is -2.45. The maximum absolute atomic E-state index is 14.2. The predicted octanol–water partition coefficient (Wildman–Crippen LogP) is 1.46. The van der Waals surface area contributed by atoms with Crippen LogP contribution in [0.3, 0.4) is 0 Å². The van der Waals surface area contributed by atoms with E-state index in [-0.39, 0.29) is 11.2 Å². The summed E-state index contributed by atoms with van der Waals surface area (Å²) in [5.41, 5.74) is 0.231. The largest absolute Gasteiger partial charge is 0.381 e. The van der Waals surface area contributed by atoms with Crippen LogP contribution in [-0.2, 0) is 9.47 Å². The molecule has 0 aliphatic carbocycles. The molecular weight excluding hydrogens is 299 g/mol. The minimum atomic E-state index is -0.355. The molecule has 6 nitrogen and oxygen atoms in total. The normalized spacial score (nSPS) is 28.6. The summed E-state index contributed by atoms with van der Waals surface area (Å²) >= 11 is 0. The van der Waals surface area contributed by atoms with E-state index in [0.29, 0.717) is 38.1 Å². The molecule has 3 aliphatic heterocycles. The summed E-state index contributed by atoms with van der Waals surface area (Å²) < 4.78 is 25.1. The maximum atomic E-state index is 14.2. The van der Waals surface area contributed by atoms with Crippen molar-refractivity contribution in [2.45, 2.75) is 19.3 Å². The van der Waals surface area contributed by atoms with Crippen molar-refractivity contribution >= 4 is 11.8 Å². The second-order valence-corrected chi connectivity index (χ2v) is 6.77. The third kappa shape index (κ3) is 2.99. The molecule has 23 heavy (non-hydrogen) atoms. The number of rotatable bonds is 2. The van der Waals surface area contributed by atoms with Gasteiger partial charge in [-0.15, -0.1) is 0 Å². The van der Waals surface area contributed by atoms with Crippen LogP contribution < -0.4 is 9.80 Å². The molecule has 1 unspecified atom stereocenters. The number of nitrogens with zero attached hydrogens (tertiary/aromatic N) is 4. The number of hydrogen-bond donors (Lipinski definition) is 0. The quantitative estimate of drug-likeness (QED) is 0.822. The molecule has 0 radical (unpaired) electrons. The van der Waals surface area contributed by atoms with Gasteiger partial charge in [0.05, 0.1) is 26.0 Å². The molecule has 3 aliphatic rings. The SMILES string of the molecule is Fc1cnc(N2CCCC3(CCOC3)C2)nc1N1CCOCC1. The summed E-state index contributed by atoms with van der Waals surface area (Å²) in [6.07, 6.45) is 4.71. The highest BCUT2D eigenvalue weighted by molar-refractivity contribution is 5.45. The Bertz CT molecular complexity index is 559. The summed E-state index contributed by atoms with van der Waals surface area (Å²) in [5.74, 6) is 0.686. The van der Waals surface area contributed by atoms with Gasteiger partial charge in [-0.2, -0.15) is 4.98 Å². The van der Waals surface area contributed by atoms with Gasteiger partial charge in [-0.25, -0.2) is 9.37 Å². The summed E-state index contributed by atoms with van der Waals surface area (Å²) in [5, 5.41) is 0. The van der Waals surface area contributed by atoms with Crippen molar-refractivity contribution in [2.24, 2.45) is 5.41 Å². The van der Waals surface area contributed by atoms with Crippen molar-refractivity contribution in [2.75, 3.05) is 62.4 Å². The number of hydrogen-bond acceptors (Lipinski definition) is 6. The van der Waals surface area contributed by atoms with Gasteiger partial charge in [-0.3, -0.25) is 0 Å². The third-order valence-electron chi connectivity index (χ3n) is 5.15. The Hall–Kier alpha value is -1.47. The predicted molar refractivity (Wildman–Crippen MR) is 84.3 cm³/mol. The number of morpholine rings is 1. The second kappa shape index (κ2) is 6.20. The van der Waals surface area contributed by atoms with Crippen LogP contribution in [0.15, 0.2) is 6.20 Å². The molecule has 3 saturated heterocycles. The average Bonchev–Trinajstić information content (AvgIpc) is 3.04. The van der Waals surface area contributed by atoms with Gasteiger partial charge >= 0.3 is 0 Å². The Morgan fingerprint density at radius 2 is 1.91 bits per heavy atom. The van der Waals surface area contributed by atoms with Crippen LogP contribution in [-0.4, -0.2) is 62.6 Å². The molecule has 7 heteroatoms. The Morgan fingerprint density at radius 3 is 2.70 bits per heavy atom. The Balaban J connectivity index is 1.56. The van der Waals surface area contributed by atoms with Crippen molar-refractivity contribution in [3.63, 3.8) is 0 Å². The van der Waals surface area contributed by atoms with Gasteiger partial charge in [-0.1, -0.05) is 0 Å². The van der Waals surface area contributed by atoms with Crippen LogP contribution in [0.25, 0.3) is 0 Å². The fourth-order valence-electron chi connectivity index (χ4n) is 3.85. The molecule has 126 valence electrons. The van der Waals surface area contributed by atoms with E-state index in [2.05, 4.69) is 14.9 Å². The highest BCUT2D eigenvalue weighted by atomic mass is 19.1. The van der Waals surface area contributed by atoms with E-state index in [0.717, 1.165) is 39.1 Å². The number of halogens is 1. The molecule has 4 rings (SSSR count). The summed E-state index contributed by atoms with van der Waals surface area (Å²) in [4.78, 5) is 12.9. The molecule has 1 aromatic rings. The van der Waals surface area contributed by atoms with Crippen LogP contribution in [0.2, 0.25) is 0 Å². The van der Waals surface area contributed by atoms with Gasteiger partial charge in [0, 0.05) is 38.2 Å². The topological polar surface area (TPSA) is 50.7 Å². The molecule has 4 heterocycles. The average molecular weight is 322 g/mol. The van der Waals surface area contributed by atoms with Crippen molar-refractivity contribution in [1.82, 2.24) is 9.97 Å². The fraction of sp³-hybridized carbons (Fsp3) is 0.750. The smallest absolute Gasteiger partial charge is 0.227 e.